The van der Waals surface area contributed by atoms with Crippen LogP contribution in [0.15, 0.2) is 54.6 Å². The topological polar surface area (TPSA) is 79.9 Å². The van der Waals surface area contributed by atoms with Gasteiger partial charge in [0.2, 0.25) is 0 Å². The third kappa shape index (κ3) is 3.99. The van der Waals surface area contributed by atoms with Crippen molar-refractivity contribution in [3.05, 3.63) is 88.1 Å². The zero-order chi connectivity index (χ0) is 25.5. The van der Waals surface area contributed by atoms with E-state index in [1.54, 1.807) is 26.4 Å². The van der Waals surface area contributed by atoms with E-state index in [0.717, 1.165) is 59.6 Å². The maximum absolute atomic E-state index is 10.2. The van der Waals surface area contributed by atoms with Gasteiger partial charge in [0, 0.05) is 30.2 Å². The molecule has 4 aromatic rings. The summed E-state index contributed by atoms with van der Waals surface area (Å²) in [6.45, 7) is 2.08. The molecule has 0 fully saturated rings. The molecule has 7 heteroatoms. The number of nitriles is 1. The Morgan fingerprint density at radius 3 is 2.59 bits per heavy atom. The van der Waals surface area contributed by atoms with Crippen LogP contribution >= 0.6 is 0 Å². The van der Waals surface area contributed by atoms with Gasteiger partial charge in [0.25, 0.3) is 0 Å². The average Bonchev–Trinajstić information content (AvgIpc) is 3.26. The molecule has 0 amide bonds. The Bertz CT molecular complexity index is 1520. The average molecular weight is 496 g/mol. The summed E-state index contributed by atoms with van der Waals surface area (Å²) in [4.78, 5) is 2.50. The minimum absolute atomic E-state index is 0.0439. The first-order chi connectivity index (χ1) is 18.1. The summed E-state index contributed by atoms with van der Waals surface area (Å²) in [6, 6.07) is 20.1. The molecule has 0 saturated heterocycles. The summed E-state index contributed by atoms with van der Waals surface area (Å²) < 4.78 is 19.5. The van der Waals surface area contributed by atoms with Crippen molar-refractivity contribution in [3.8, 4) is 23.3 Å². The Hall–Kier alpha value is -3.99. The van der Waals surface area contributed by atoms with Gasteiger partial charge < -0.3 is 23.9 Å². The monoisotopic (exact) mass is 495 g/mol. The van der Waals surface area contributed by atoms with Crippen molar-refractivity contribution >= 4 is 10.9 Å². The lowest BCUT2D eigenvalue weighted by molar-refractivity contribution is 0.145. The lowest BCUT2D eigenvalue weighted by Crippen LogP contribution is -2.39. The fourth-order valence-electron chi connectivity index (χ4n) is 5.84. The number of methoxy groups -OCH3 is 2. The van der Waals surface area contributed by atoms with Gasteiger partial charge in [-0.1, -0.05) is 12.1 Å². The first-order valence-electron chi connectivity index (χ1n) is 12.5. The van der Waals surface area contributed by atoms with Crippen molar-refractivity contribution in [1.82, 2.24) is 9.47 Å². The SMILES string of the molecule is COc1ccc2c(c1)c1c(n2CO)CN2CCc3cc(OC)c(OCc4ccc(C#N)cc4)cc3C2C1. The lowest BCUT2D eigenvalue weighted by atomic mass is 9.85. The van der Waals surface area contributed by atoms with Crippen molar-refractivity contribution in [2.45, 2.75) is 38.8 Å². The zero-order valence-electron chi connectivity index (χ0n) is 21.0. The van der Waals surface area contributed by atoms with E-state index in [0.29, 0.717) is 12.2 Å². The molecule has 3 aromatic carbocycles. The van der Waals surface area contributed by atoms with Gasteiger partial charge in [-0.05, 0) is 77.6 Å². The lowest BCUT2D eigenvalue weighted by Gasteiger charge is -2.41. The number of nitrogens with zero attached hydrogens (tertiary/aromatic N) is 3. The van der Waals surface area contributed by atoms with E-state index in [4.69, 9.17) is 19.5 Å². The molecular weight excluding hydrogens is 466 g/mol. The molecule has 6 rings (SSSR count). The van der Waals surface area contributed by atoms with Crippen LogP contribution in [0.5, 0.6) is 17.2 Å². The smallest absolute Gasteiger partial charge is 0.162 e. The molecule has 1 aromatic heterocycles. The maximum Gasteiger partial charge on any atom is 0.162 e. The number of rotatable bonds is 6. The highest BCUT2D eigenvalue weighted by Crippen LogP contribution is 2.45. The Kier molecular flexibility index (Phi) is 5.99. The van der Waals surface area contributed by atoms with Crippen LogP contribution in [0.2, 0.25) is 0 Å². The van der Waals surface area contributed by atoms with Gasteiger partial charge in [-0.15, -0.1) is 0 Å². The molecule has 2 aliphatic rings. The molecule has 188 valence electrons. The number of benzene rings is 3. The van der Waals surface area contributed by atoms with Crippen LogP contribution in [-0.4, -0.2) is 35.3 Å². The minimum atomic E-state index is -0.0439. The van der Waals surface area contributed by atoms with Crippen molar-refractivity contribution in [3.63, 3.8) is 0 Å². The van der Waals surface area contributed by atoms with Crippen LogP contribution in [0, 0.1) is 11.3 Å². The number of ether oxygens (including phenoxy) is 3. The van der Waals surface area contributed by atoms with Gasteiger partial charge in [-0.2, -0.15) is 5.26 Å². The second kappa shape index (κ2) is 9.47. The van der Waals surface area contributed by atoms with Crippen molar-refractivity contribution in [2.75, 3.05) is 20.8 Å². The summed E-state index contributed by atoms with van der Waals surface area (Å²) in [5.74, 6) is 2.27. The highest BCUT2D eigenvalue weighted by Gasteiger charge is 2.36. The van der Waals surface area contributed by atoms with Crippen molar-refractivity contribution in [2.24, 2.45) is 0 Å². The number of aliphatic hydroxyl groups excluding tert-OH is 1. The third-order valence-corrected chi connectivity index (χ3v) is 7.76. The predicted octanol–water partition coefficient (Wildman–Crippen LogP) is 4.71. The minimum Gasteiger partial charge on any atom is -0.497 e. The molecule has 0 radical (unpaired) electrons. The van der Waals surface area contributed by atoms with Gasteiger partial charge in [0.1, 0.15) is 19.1 Å². The maximum atomic E-state index is 10.2. The summed E-state index contributed by atoms with van der Waals surface area (Å²) in [5.41, 5.74) is 7.66. The van der Waals surface area contributed by atoms with E-state index in [-0.39, 0.29) is 12.8 Å². The molecule has 1 atom stereocenters. The van der Waals surface area contributed by atoms with E-state index in [9.17, 15) is 5.11 Å². The number of fused-ring (bicyclic) bond motifs is 6. The largest absolute Gasteiger partial charge is 0.497 e. The zero-order valence-corrected chi connectivity index (χ0v) is 21.0. The Morgan fingerprint density at radius 1 is 1.03 bits per heavy atom. The molecule has 7 nitrogen and oxygen atoms in total. The van der Waals surface area contributed by atoms with Crippen molar-refractivity contribution < 1.29 is 19.3 Å². The Labute approximate surface area is 216 Å². The second-order valence-corrected chi connectivity index (χ2v) is 9.62. The Balaban J connectivity index is 1.36. The molecule has 1 N–H and O–H groups in total. The molecule has 1 unspecified atom stereocenters. The highest BCUT2D eigenvalue weighted by molar-refractivity contribution is 5.87. The van der Waals surface area contributed by atoms with Crippen LogP contribution in [0.4, 0.5) is 0 Å². The van der Waals surface area contributed by atoms with Crippen LogP contribution in [0.25, 0.3) is 10.9 Å². The Morgan fingerprint density at radius 2 is 1.86 bits per heavy atom. The van der Waals surface area contributed by atoms with E-state index in [1.165, 1.54) is 22.4 Å². The third-order valence-electron chi connectivity index (χ3n) is 7.76. The number of aliphatic hydroxyl groups is 1. The first kappa shape index (κ1) is 23.4. The number of hydrogen-bond acceptors (Lipinski definition) is 6. The predicted molar refractivity (Wildman–Crippen MR) is 140 cm³/mol. The van der Waals surface area contributed by atoms with Crippen LogP contribution in [-0.2, 0) is 32.7 Å². The molecule has 2 aliphatic heterocycles. The summed E-state index contributed by atoms with van der Waals surface area (Å²) in [6.07, 6.45) is 1.78. The summed E-state index contributed by atoms with van der Waals surface area (Å²) in [7, 11) is 3.36. The van der Waals surface area contributed by atoms with Crippen LogP contribution in [0.1, 0.15) is 39.6 Å². The fraction of sp³-hybridized carbons (Fsp3) is 0.300. The molecular formula is C30H29N3O4. The molecule has 37 heavy (non-hydrogen) atoms. The standard InChI is InChI=1S/C30H29N3O4/c1-35-22-7-8-26-24(12-22)25-13-27-23-14-30(37-17-20-5-3-19(15-31)4-6-20)29(36-2)11-21(23)9-10-32(27)16-28(25)33(26)18-34/h3-8,11-12,14,27,34H,9-10,13,16-18H2,1-2H3. The van der Waals surface area contributed by atoms with E-state index >= 15 is 0 Å². The van der Waals surface area contributed by atoms with Gasteiger partial charge in [0.15, 0.2) is 11.5 Å². The molecule has 0 aliphatic carbocycles. The molecule has 0 bridgehead atoms. The van der Waals surface area contributed by atoms with E-state index < -0.39 is 0 Å². The van der Waals surface area contributed by atoms with Gasteiger partial charge in [-0.25, -0.2) is 0 Å². The second-order valence-electron chi connectivity index (χ2n) is 9.62. The van der Waals surface area contributed by atoms with E-state index in [1.807, 2.05) is 28.8 Å². The van der Waals surface area contributed by atoms with Gasteiger partial charge >= 0.3 is 0 Å². The van der Waals surface area contributed by atoms with Crippen molar-refractivity contribution in [1.29, 1.82) is 5.26 Å². The summed E-state index contributed by atoms with van der Waals surface area (Å²) in [5, 5.41) is 20.4. The number of aromatic nitrogens is 1. The highest BCUT2D eigenvalue weighted by atomic mass is 16.5. The molecule has 0 spiro atoms. The van der Waals surface area contributed by atoms with Crippen LogP contribution < -0.4 is 14.2 Å². The normalized spacial score (nSPS) is 16.4. The molecule has 0 saturated carbocycles. The van der Waals surface area contributed by atoms with Gasteiger partial charge in [0.05, 0.1) is 31.4 Å². The van der Waals surface area contributed by atoms with Gasteiger partial charge in [-0.3, -0.25) is 4.90 Å². The molecule has 3 heterocycles. The van der Waals surface area contributed by atoms with Crippen LogP contribution in [0.3, 0.4) is 0 Å². The fourth-order valence-corrected chi connectivity index (χ4v) is 5.84. The quantitative estimate of drug-likeness (QED) is 0.417. The summed E-state index contributed by atoms with van der Waals surface area (Å²) >= 11 is 0. The van der Waals surface area contributed by atoms with E-state index in [2.05, 4.69) is 29.2 Å². The first-order valence-corrected chi connectivity index (χ1v) is 12.5. The number of hydrogen-bond donors (Lipinski definition) is 1.